The lowest BCUT2D eigenvalue weighted by Crippen LogP contribution is -2.19. The molecule has 5 heteroatoms. The van der Waals surface area contributed by atoms with Gasteiger partial charge >= 0.3 is 0 Å². The number of amides is 1. The average molecular weight is 279 g/mol. The van der Waals surface area contributed by atoms with Gasteiger partial charge in [-0.1, -0.05) is 29.8 Å². The Kier molecular flexibility index (Phi) is 4.50. The van der Waals surface area contributed by atoms with E-state index in [1.807, 2.05) is 29.6 Å². The van der Waals surface area contributed by atoms with E-state index in [0.717, 1.165) is 10.4 Å². The number of benzene rings is 1. The first kappa shape index (κ1) is 12.8. The molecular weight excluding hydrogens is 268 g/mol. The highest BCUT2D eigenvalue weighted by molar-refractivity contribution is 7.10. The monoisotopic (exact) mass is 278 g/mol. The fraction of sp³-hybridized carbons (Fsp3) is 0.0769. The normalized spacial score (nSPS) is 10.7. The lowest BCUT2D eigenvalue weighted by atomic mass is 10.2. The molecule has 0 atom stereocenters. The van der Waals surface area contributed by atoms with Gasteiger partial charge in [-0.15, -0.1) is 11.3 Å². The van der Waals surface area contributed by atoms with Crippen molar-refractivity contribution in [3.63, 3.8) is 0 Å². The molecule has 92 valence electrons. The third-order valence-electron chi connectivity index (χ3n) is 2.19. The van der Waals surface area contributed by atoms with Gasteiger partial charge < -0.3 is 0 Å². The van der Waals surface area contributed by atoms with Crippen LogP contribution in [0.3, 0.4) is 0 Å². The van der Waals surface area contributed by atoms with Gasteiger partial charge in [-0.25, -0.2) is 5.43 Å². The predicted octanol–water partition coefficient (Wildman–Crippen LogP) is 3.09. The summed E-state index contributed by atoms with van der Waals surface area (Å²) in [5, 5.41) is 6.51. The molecule has 0 radical (unpaired) electrons. The topological polar surface area (TPSA) is 41.5 Å². The third-order valence-corrected chi connectivity index (χ3v) is 3.32. The van der Waals surface area contributed by atoms with Gasteiger partial charge in [-0.3, -0.25) is 4.79 Å². The summed E-state index contributed by atoms with van der Waals surface area (Å²) in [6.45, 7) is 0. The molecule has 0 unspecified atom stereocenters. The molecule has 1 aromatic heterocycles. The minimum Gasteiger partial charge on any atom is -0.273 e. The Morgan fingerprint density at radius 2 is 2.11 bits per heavy atom. The minimum absolute atomic E-state index is 0.123. The molecule has 1 N–H and O–H groups in total. The smallest absolute Gasteiger partial charge is 0.245 e. The lowest BCUT2D eigenvalue weighted by molar-refractivity contribution is -0.120. The van der Waals surface area contributed by atoms with E-state index >= 15 is 0 Å². The number of carbonyl (C=O) groups is 1. The molecule has 0 fully saturated rings. The molecule has 1 aromatic carbocycles. The summed E-state index contributed by atoms with van der Waals surface area (Å²) in [6.07, 6.45) is 1.94. The third kappa shape index (κ3) is 3.98. The van der Waals surface area contributed by atoms with Crippen LogP contribution in [0.4, 0.5) is 0 Å². The zero-order valence-corrected chi connectivity index (χ0v) is 11.0. The molecule has 1 amide bonds. The maximum atomic E-state index is 11.5. The highest BCUT2D eigenvalue weighted by atomic mass is 35.5. The number of nitrogens with zero attached hydrogens (tertiary/aromatic N) is 1. The second-order valence-corrected chi connectivity index (χ2v) is 5.07. The molecule has 2 aromatic rings. The number of nitrogens with one attached hydrogen (secondary N) is 1. The molecule has 0 aliphatic carbocycles. The SMILES string of the molecule is O=C(Cc1cccs1)N/N=C\c1ccc(Cl)cc1. The van der Waals surface area contributed by atoms with Gasteiger partial charge in [0.15, 0.2) is 0 Å². The van der Waals surface area contributed by atoms with E-state index in [4.69, 9.17) is 11.6 Å². The quantitative estimate of drug-likeness (QED) is 0.678. The van der Waals surface area contributed by atoms with Crippen molar-refractivity contribution in [2.45, 2.75) is 6.42 Å². The van der Waals surface area contributed by atoms with Crippen LogP contribution in [0.15, 0.2) is 46.9 Å². The summed E-state index contributed by atoms with van der Waals surface area (Å²) in [5.74, 6) is -0.123. The molecule has 0 spiro atoms. The standard InChI is InChI=1S/C13H11ClN2OS/c14-11-5-3-10(4-6-11)9-15-16-13(17)8-12-2-1-7-18-12/h1-7,9H,8H2,(H,16,17)/b15-9-. The second-order valence-electron chi connectivity index (χ2n) is 3.60. The van der Waals surface area contributed by atoms with E-state index in [0.29, 0.717) is 11.4 Å². The molecule has 18 heavy (non-hydrogen) atoms. The second kappa shape index (κ2) is 6.33. The van der Waals surface area contributed by atoms with Crippen LogP contribution in [0.2, 0.25) is 5.02 Å². The van der Waals surface area contributed by atoms with E-state index in [1.165, 1.54) is 0 Å². The van der Waals surface area contributed by atoms with E-state index in [2.05, 4.69) is 10.5 Å². The van der Waals surface area contributed by atoms with Gasteiger partial charge in [0, 0.05) is 9.90 Å². The number of carbonyl (C=O) groups excluding carboxylic acids is 1. The Hall–Kier alpha value is -1.65. The number of hydrogen-bond acceptors (Lipinski definition) is 3. The van der Waals surface area contributed by atoms with Crippen LogP contribution >= 0.6 is 22.9 Å². The van der Waals surface area contributed by atoms with E-state index in [9.17, 15) is 4.79 Å². The molecule has 1 heterocycles. The van der Waals surface area contributed by atoms with Crippen molar-refractivity contribution in [2.24, 2.45) is 5.10 Å². The van der Waals surface area contributed by atoms with Crippen LogP contribution in [0.25, 0.3) is 0 Å². The van der Waals surface area contributed by atoms with E-state index in [1.54, 1.807) is 29.7 Å². The minimum atomic E-state index is -0.123. The predicted molar refractivity (Wildman–Crippen MR) is 75.2 cm³/mol. The molecule has 2 rings (SSSR count). The molecule has 0 saturated carbocycles. The first-order valence-corrected chi connectivity index (χ1v) is 6.59. The van der Waals surface area contributed by atoms with Gasteiger partial charge in [0.1, 0.15) is 0 Å². The molecule has 0 saturated heterocycles. The highest BCUT2D eigenvalue weighted by Crippen LogP contribution is 2.09. The molecule has 0 aliphatic rings. The fourth-order valence-corrected chi connectivity index (χ4v) is 2.17. The van der Waals surface area contributed by atoms with Crippen LogP contribution in [-0.4, -0.2) is 12.1 Å². The number of hydrazone groups is 1. The van der Waals surface area contributed by atoms with E-state index < -0.39 is 0 Å². The van der Waals surface area contributed by atoms with Gasteiger partial charge in [0.2, 0.25) is 5.91 Å². The zero-order chi connectivity index (χ0) is 12.8. The zero-order valence-electron chi connectivity index (χ0n) is 9.47. The Balaban J connectivity index is 1.84. The van der Waals surface area contributed by atoms with Gasteiger partial charge in [0.25, 0.3) is 0 Å². The summed E-state index contributed by atoms with van der Waals surface area (Å²) in [4.78, 5) is 12.5. The summed E-state index contributed by atoms with van der Waals surface area (Å²) in [6, 6.07) is 11.1. The Morgan fingerprint density at radius 1 is 1.33 bits per heavy atom. The molecule has 0 bridgehead atoms. The van der Waals surface area contributed by atoms with Crippen molar-refractivity contribution in [3.05, 3.63) is 57.2 Å². The van der Waals surface area contributed by atoms with Crippen LogP contribution in [0.1, 0.15) is 10.4 Å². The summed E-state index contributed by atoms with van der Waals surface area (Å²) >= 11 is 7.32. The van der Waals surface area contributed by atoms with Gasteiger partial charge in [-0.05, 0) is 29.1 Å². The summed E-state index contributed by atoms with van der Waals surface area (Å²) in [7, 11) is 0. The van der Waals surface area contributed by atoms with Crippen molar-refractivity contribution in [1.82, 2.24) is 5.43 Å². The van der Waals surface area contributed by atoms with E-state index in [-0.39, 0.29) is 5.91 Å². The van der Waals surface area contributed by atoms with Crippen molar-refractivity contribution in [2.75, 3.05) is 0 Å². The van der Waals surface area contributed by atoms with Crippen molar-refractivity contribution in [3.8, 4) is 0 Å². The van der Waals surface area contributed by atoms with Crippen molar-refractivity contribution < 1.29 is 4.79 Å². The number of halogens is 1. The summed E-state index contributed by atoms with van der Waals surface area (Å²) < 4.78 is 0. The van der Waals surface area contributed by atoms with Crippen molar-refractivity contribution >= 4 is 35.1 Å². The first-order chi connectivity index (χ1) is 8.74. The molecule has 3 nitrogen and oxygen atoms in total. The Bertz CT molecular complexity index is 535. The largest absolute Gasteiger partial charge is 0.273 e. The average Bonchev–Trinajstić information content (AvgIpc) is 2.84. The van der Waals surface area contributed by atoms with Gasteiger partial charge in [0.05, 0.1) is 12.6 Å². The fourth-order valence-electron chi connectivity index (χ4n) is 1.34. The number of rotatable bonds is 4. The number of thiophene rings is 1. The van der Waals surface area contributed by atoms with Crippen LogP contribution in [0.5, 0.6) is 0 Å². The highest BCUT2D eigenvalue weighted by Gasteiger charge is 2.01. The maximum absolute atomic E-state index is 11.5. The molecular formula is C13H11ClN2OS. The lowest BCUT2D eigenvalue weighted by Gasteiger charge is -1.97. The van der Waals surface area contributed by atoms with Crippen molar-refractivity contribution in [1.29, 1.82) is 0 Å². The Morgan fingerprint density at radius 3 is 2.78 bits per heavy atom. The van der Waals surface area contributed by atoms with Crippen LogP contribution in [0, 0.1) is 0 Å². The van der Waals surface area contributed by atoms with Gasteiger partial charge in [-0.2, -0.15) is 5.10 Å². The maximum Gasteiger partial charge on any atom is 0.245 e. The van der Waals surface area contributed by atoms with Crippen LogP contribution < -0.4 is 5.43 Å². The van der Waals surface area contributed by atoms with Crippen LogP contribution in [-0.2, 0) is 11.2 Å². The Labute approximate surface area is 114 Å². The number of hydrogen-bond donors (Lipinski definition) is 1. The first-order valence-electron chi connectivity index (χ1n) is 5.34. The summed E-state index contributed by atoms with van der Waals surface area (Å²) in [5.41, 5.74) is 3.37. The molecule has 0 aliphatic heterocycles.